The first-order valence-corrected chi connectivity index (χ1v) is 7.00. The molecule has 0 saturated heterocycles. The molecule has 3 atom stereocenters. The summed E-state index contributed by atoms with van der Waals surface area (Å²) in [6, 6.07) is -1.99. The van der Waals surface area contributed by atoms with Gasteiger partial charge in [0.2, 0.25) is 17.7 Å². The second-order valence-corrected chi connectivity index (χ2v) is 5.35. The molecule has 0 unspecified atom stereocenters. The Morgan fingerprint density at radius 1 is 1.20 bits per heavy atom. The molecular weight excluding hydrogens is 282 g/mol. The van der Waals surface area contributed by atoms with Gasteiger partial charge in [0.25, 0.3) is 0 Å². The first-order chi connectivity index (χ1) is 9.18. The summed E-state index contributed by atoms with van der Waals surface area (Å²) in [7, 11) is 0. The van der Waals surface area contributed by atoms with Crippen molar-refractivity contribution in [1.29, 1.82) is 0 Å². The van der Waals surface area contributed by atoms with Crippen molar-refractivity contribution in [3.8, 4) is 0 Å². The number of nitrogens with one attached hydrogen (secondary N) is 2. The Labute approximate surface area is 124 Å². The van der Waals surface area contributed by atoms with Gasteiger partial charge >= 0.3 is 0 Å². The largest absolute Gasteiger partial charge is 0.391 e. The van der Waals surface area contributed by atoms with Crippen molar-refractivity contribution in [3.63, 3.8) is 0 Å². The van der Waals surface area contributed by atoms with Crippen molar-refractivity contribution in [3.05, 3.63) is 0 Å². The smallest absolute Gasteiger partial charge is 0.245 e. The molecule has 116 valence electrons. The third-order valence-electron chi connectivity index (χ3n) is 2.59. The first kappa shape index (κ1) is 18.7. The van der Waals surface area contributed by atoms with Crippen LogP contribution in [0.4, 0.5) is 0 Å². The molecule has 0 aliphatic heterocycles. The molecule has 5 N–H and O–H groups in total. The molecule has 0 bridgehead atoms. The molecule has 20 heavy (non-hydrogen) atoms. The molecule has 0 spiro atoms. The maximum absolute atomic E-state index is 12.0. The van der Waals surface area contributed by atoms with Crippen molar-refractivity contribution < 1.29 is 19.5 Å². The van der Waals surface area contributed by atoms with E-state index in [-0.39, 0.29) is 11.7 Å². The fourth-order valence-electron chi connectivity index (χ4n) is 1.60. The summed E-state index contributed by atoms with van der Waals surface area (Å²) in [6.45, 7) is 5.14. The normalized spacial score (nSPS) is 15.3. The Kier molecular flexibility index (Phi) is 8.24. The molecule has 0 aliphatic carbocycles. The van der Waals surface area contributed by atoms with E-state index in [0.717, 1.165) is 0 Å². The Balaban J connectivity index is 4.79. The maximum atomic E-state index is 12.0. The number of aliphatic hydroxyl groups excluding tert-OH is 1. The standard InChI is InChI=1S/C12H23N3O4S/c1-6(2)4-8(11(13)18)14-12(19)10(7(3)16)15-9(17)5-20/h6-8,10,16,20H,4-5H2,1-3H3,(H2,13,18)(H,14,19)(H,15,17)/t7-,8+,10+/m1/s1. The number of hydrogen-bond donors (Lipinski definition) is 5. The van der Waals surface area contributed by atoms with E-state index in [1.54, 1.807) is 0 Å². The van der Waals surface area contributed by atoms with Crippen molar-refractivity contribution in [2.45, 2.75) is 45.4 Å². The minimum Gasteiger partial charge on any atom is -0.391 e. The Morgan fingerprint density at radius 3 is 2.10 bits per heavy atom. The highest BCUT2D eigenvalue weighted by atomic mass is 32.1. The summed E-state index contributed by atoms with van der Waals surface area (Å²) in [4.78, 5) is 34.6. The lowest BCUT2D eigenvalue weighted by molar-refractivity contribution is -0.133. The Morgan fingerprint density at radius 2 is 1.75 bits per heavy atom. The molecular formula is C12H23N3O4S. The van der Waals surface area contributed by atoms with Gasteiger partial charge in [-0.2, -0.15) is 12.6 Å². The van der Waals surface area contributed by atoms with Gasteiger partial charge in [0.1, 0.15) is 12.1 Å². The summed E-state index contributed by atoms with van der Waals surface area (Å²) in [6.07, 6.45) is -0.722. The van der Waals surface area contributed by atoms with Crippen LogP contribution in [-0.4, -0.2) is 46.8 Å². The first-order valence-electron chi connectivity index (χ1n) is 6.37. The lowest BCUT2D eigenvalue weighted by Crippen LogP contribution is -2.57. The Hall–Kier alpha value is -1.28. The van der Waals surface area contributed by atoms with Crippen molar-refractivity contribution in [1.82, 2.24) is 10.6 Å². The van der Waals surface area contributed by atoms with Crippen molar-refractivity contribution >= 4 is 30.4 Å². The van der Waals surface area contributed by atoms with Gasteiger partial charge in [-0.25, -0.2) is 0 Å². The third kappa shape index (κ3) is 6.76. The predicted molar refractivity (Wildman–Crippen MR) is 78.0 cm³/mol. The van der Waals surface area contributed by atoms with Gasteiger partial charge in [0, 0.05) is 0 Å². The second kappa shape index (κ2) is 8.80. The number of thiol groups is 1. The quantitative estimate of drug-likeness (QED) is 0.361. The molecule has 0 saturated carbocycles. The predicted octanol–water partition coefficient (Wildman–Crippen LogP) is -1.20. The van der Waals surface area contributed by atoms with Crippen LogP contribution in [0.1, 0.15) is 27.2 Å². The summed E-state index contributed by atoms with van der Waals surface area (Å²) >= 11 is 3.78. The van der Waals surface area contributed by atoms with Gasteiger partial charge in [0.05, 0.1) is 11.9 Å². The van der Waals surface area contributed by atoms with Gasteiger partial charge in [0.15, 0.2) is 0 Å². The third-order valence-corrected chi connectivity index (χ3v) is 2.88. The number of carbonyl (C=O) groups is 3. The minimum atomic E-state index is -1.15. The van der Waals surface area contributed by atoms with Crippen LogP contribution in [0.5, 0.6) is 0 Å². The van der Waals surface area contributed by atoms with Crippen LogP contribution in [0.3, 0.4) is 0 Å². The average molecular weight is 305 g/mol. The Bertz CT molecular complexity index is 361. The van der Waals surface area contributed by atoms with Gasteiger partial charge < -0.3 is 21.5 Å². The van der Waals surface area contributed by atoms with E-state index in [1.165, 1.54) is 6.92 Å². The molecule has 0 aromatic rings. The van der Waals surface area contributed by atoms with Crippen LogP contribution in [0.25, 0.3) is 0 Å². The molecule has 0 aromatic heterocycles. The average Bonchev–Trinajstić information content (AvgIpc) is 2.33. The maximum Gasteiger partial charge on any atom is 0.245 e. The zero-order chi connectivity index (χ0) is 15.9. The molecule has 8 heteroatoms. The zero-order valence-electron chi connectivity index (χ0n) is 11.9. The molecule has 0 aromatic carbocycles. The number of aliphatic hydroxyl groups is 1. The van der Waals surface area contributed by atoms with Crippen LogP contribution in [0.2, 0.25) is 0 Å². The lowest BCUT2D eigenvalue weighted by Gasteiger charge is -2.24. The minimum absolute atomic E-state index is 0.109. The summed E-state index contributed by atoms with van der Waals surface area (Å²) in [5.74, 6) is -1.75. The van der Waals surface area contributed by atoms with Crippen molar-refractivity contribution in [2.24, 2.45) is 11.7 Å². The number of amides is 3. The SMILES string of the molecule is CC(C)C[C@H](NC(=O)[C@@H](NC(=O)CS)[C@@H](C)O)C(N)=O. The van der Waals surface area contributed by atoms with Crippen LogP contribution in [0.15, 0.2) is 0 Å². The summed E-state index contributed by atoms with van der Waals surface area (Å²) in [5.41, 5.74) is 5.22. The molecule has 0 radical (unpaired) electrons. The summed E-state index contributed by atoms with van der Waals surface area (Å²) < 4.78 is 0. The fraction of sp³-hybridized carbons (Fsp3) is 0.750. The molecule has 3 amide bonds. The fourth-order valence-corrected chi connectivity index (χ4v) is 1.69. The molecule has 0 aliphatic rings. The molecule has 7 nitrogen and oxygen atoms in total. The van der Waals surface area contributed by atoms with E-state index in [1.807, 2.05) is 13.8 Å². The molecule has 0 heterocycles. The number of rotatable bonds is 8. The van der Waals surface area contributed by atoms with E-state index in [2.05, 4.69) is 23.3 Å². The van der Waals surface area contributed by atoms with Gasteiger partial charge in [-0.1, -0.05) is 13.8 Å². The van der Waals surface area contributed by atoms with E-state index >= 15 is 0 Å². The van der Waals surface area contributed by atoms with E-state index in [0.29, 0.717) is 6.42 Å². The van der Waals surface area contributed by atoms with Crippen LogP contribution < -0.4 is 16.4 Å². The van der Waals surface area contributed by atoms with Crippen LogP contribution in [-0.2, 0) is 14.4 Å². The van der Waals surface area contributed by atoms with E-state index in [9.17, 15) is 19.5 Å². The number of primary amides is 1. The van der Waals surface area contributed by atoms with Crippen LogP contribution in [0, 0.1) is 5.92 Å². The monoisotopic (exact) mass is 305 g/mol. The lowest BCUT2D eigenvalue weighted by atomic mass is 10.0. The highest BCUT2D eigenvalue weighted by molar-refractivity contribution is 7.81. The highest BCUT2D eigenvalue weighted by Crippen LogP contribution is 2.05. The van der Waals surface area contributed by atoms with E-state index < -0.39 is 35.9 Å². The topological polar surface area (TPSA) is 122 Å². The molecule has 0 rings (SSSR count). The molecule has 0 fully saturated rings. The number of hydrogen-bond acceptors (Lipinski definition) is 5. The number of carbonyl (C=O) groups excluding carboxylic acids is 3. The number of nitrogens with two attached hydrogens (primary N) is 1. The zero-order valence-corrected chi connectivity index (χ0v) is 12.8. The van der Waals surface area contributed by atoms with E-state index in [4.69, 9.17) is 5.73 Å². The van der Waals surface area contributed by atoms with Gasteiger partial charge in [-0.05, 0) is 19.3 Å². The second-order valence-electron chi connectivity index (χ2n) is 5.04. The van der Waals surface area contributed by atoms with Crippen LogP contribution >= 0.6 is 12.6 Å². The van der Waals surface area contributed by atoms with Gasteiger partial charge in [-0.3, -0.25) is 14.4 Å². The highest BCUT2D eigenvalue weighted by Gasteiger charge is 2.28. The van der Waals surface area contributed by atoms with Crippen molar-refractivity contribution in [2.75, 3.05) is 5.75 Å². The van der Waals surface area contributed by atoms with Gasteiger partial charge in [-0.15, -0.1) is 0 Å². The summed E-state index contributed by atoms with van der Waals surface area (Å²) in [5, 5.41) is 14.3.